The van der Waals surface area contributed by atoms with Gasteiger partial charge in [0.15, 0.2) is 5.11 Å². The number of hydrogen-bond acceptors (Lipinski definition) is 2. The molecule has 0 amide bonds. The second kappa shape index (κ2) is 4.66. The minimum absolute atomic E-state index is 0.719. The van der Waals surface area contributed by atoms with Crippen molar-refractivity contribution in [3.05, 3.63) is 0 Å². The predicted octanol–water partition coefficient (Wildman–Crippen LogP) is 1.51. The van der Waals surface area contributed by atoms with Crippen molar-refractivity contribution in [1.29, 1.82) is 0 Å². The van der Waals surface area contributed by atoms with Crippen LogP contribution in [0.25, 0.3) is 0 Å². The highest BCUT2D eigenvalue weighted by molar-refractivity contribution is 7.80. The maximum absolute atomic E-state index is 5.06. The molecule has 3 atom stereocenters. The quantitative estimate of drug-likeness (QED) is 0.664. The van der Waals surface area contributed by atoms with Crippen molar-refractivity contribution >= 4 is 17.3 Å². The molecule has 1 heterocycles. The van der Waals surface area contributed by atoms with E-state index in [-0.39, 0.29) is 0 Å². The summed E-state index contributed by atoms with van der Waals surface area (Å²) in [6.45, 7) is 6.59. The molecule has 0 aromatic carbocycles. The van der Waals surface area contributed by atoms with Gasteiger partial charge in [-0.3, -0.25) is 4.90 Å². The van der Waals surface area contributed by atoms with Crippen LogP contribution in [0.5, 0.6) is 0 Å². The zero-order valence-electron chi connectivity index (χ0n) is 9.62. The molecule has 2 rings (SSSR count). The van der Waals surface area contributed by atoms with E-state index in [1.807, 2.05) is 0 Å². The Labute approximate surface area is 97.6 Å². The Bertz CT molecular complexity index is 234. The first-order valence-corrected chi connectivity index (χ1v) is 6.35. The van der Waals surface area contributed by atoms with Gasteiger partial charge in [-0.1, -0.05) is 26.7 Å². The first-order chi connectivity index (χ1) is 7.18. The summed E-state index contributed by atoms with van der Waals surface area (Å²) < 4.78 is 0. The Morgan fingerprint density at radius 1 is 1.20 bits per heavy atom. The molecule has 86 valence electrons. The molecule has 0 aromatic heterocycles. The van der Waals surface area contributed by atoms with Gasteiger partial charge in [0.05, 0.1) is 13.3 Å². The molecule has 1 saturated carbocycles. The summed E-state index contributed by atoms with van der Waals surface area (Å²) in [5.41, 5.74) is 0. The third-order valence-electron chi connectivity index (χ3n) is 4.02. The van der Waals surface area contributed by atoms with Crippen LogP contribution in [0.15, 0.2) is 0 Å². The highest BCUT2D eigenvalue weighted by atomic mass is 32.1. The molecule has 1 aliphatic heterocycles. The van der Waals surface area contributed by atoms with E-state index in [9.17, 15) is 0 Å². The summed E-state index contributed by atoms with van der Waals surface area (Å²) >= 11 is 5.06. The second-order valence-electron chi connectivity index (χ2n) is 4.92. The molecule has 1 aliphatic carbocycles. The normalized spacial score (nSPS) is 38.3. The predicted molar refractivity (Wildman–Crippen MR) is 66.4 cm³/mol. The van der Waals surface area contributed by atoms with E-state index in [0.717, 1.165) is 36.3 Å². The lowest BCUT2D eigenvalue weighted by molar-refractivity contribution is 0.0696. The molecule has 0 unspecified atom stereocenters. The van der Waals surface area contributed by atoms with E-state index in [4.69, 9.17) is 12.2 Å². The average molecular weight is 227 g/mol. The minimum atomic E-state index is 0.719. The molecule has 1 saturated heterocycles. The summed E-state index contributed by atoms with van der Waals surface area (Å²) in [4.78, 5) is 2.48. The fraction of sp³-hybridized carbons (Fsp3) is 0.909. The van der Waals surface area contributed by atoms with Crippen LogP contribution in [-0.4, -0.2) is 29.4 Å². The minimum Gasteiger partial charge on any atom is -0.350 e. The molecule has 2 N–H and O–H groups in total. The van der Waals surface area contributed by atoms with E-state index in [1.54, 1.807) is 0 Å². The number of nitrogens with zero attached hydrogens (tertiary/aromatic N) is 1. The Kier molecular flexibility index (Phi) is 3.46. The van der Waals surface area contributed by atoms with Crippen molar-refractivity contribution in [2.24, 2.45) is 11.8 Å². The first kappa shape index (κ1) is 11.1. The zero-order valence-corrected chi connectivity index (χ0v) is 10.4. The third kappa shape index (κ3) is 2.42. The SMILES string of the molecule is C[C@@H]1[C@H](C)CCC[C@H]1N1CNC(=S)NC1. The van der Waals surface area contributed by atoms with E-state index in [2.05, 4.69) is 29.4 Å². The zero-order chi connectivity index (χ0) is 10.8. The van der Waals surface area contributed by atoms with Crippen LogP contribution < -0.4 is 10.6 Å². The van der Waals surface area contributed by atoms with Crippen LogP contribution in [0.2, 0.25) is 0 Å². The molecule has 0 spiro atoms. The van der Waals surface area contributed by atoms with Gasteiger partial charge in [0.2, 0.25) is 0 Å². The van der Waals surface area contributed by atoms with E-state index in [0.29, 0.717) is 0 Å². The monoisotopic (exact) mass is 227 g/mol. The van der Waals surface area contributed by atoms with Gasteiger partial charge in [-0.05, 0) is 30.5 Å². The van der Waals surface area contributed by atoms with Gasteiger partial charge in [0.1, 0.15) is 0 Å². The summed E-state index contributed by atoms with van der Waals surface area (Å²) in [6.07, 6.45) is 4.10. The first-order valence-electron chi connectivity index (χ1n) is 5.94. The fourth-order valence-electron chi connectivity index (χ4n) is 2.77. The van der Waals surface area contributed by atoms with Crippen LogP contribution in [0.4, 0.5) is 0 Å². The van der Waals surface area contributed by atoms with Gasteiger partial charge in [-0.2, -0.15) is 0 Å². The van der Waals surface area contributed by atoms with Crippen molar-refractivity contribution in [3.63, 3.8) is 0 Å². The number of hydrogen-bond donors (Lipinski definition) is 2. The molecule has 4 heteroatoms. The van der Waals surface area contributed by atoms with Crippen LogP contribution in [0, 0.1) is 11.8 Å². The lowest BCUT2D eigenvalue weighted by Gasteiger charge is -2.43. The molecule has 2 fully saturated rings. The summed E-state index contributed by atoms with van der Waals surface area (Å²) in [5.74, 6) is 1.66. The maximum Gasteiger partial charge on any atom is 0.168 e. The Morgan fingerprint density at radius 3 is 2.53 bits per heavy atom. The van der Waals surface area contributed by atoms with Gasteiger partial charge in [0.25, 0.3) is 0 Å². The molecule has 2 aliphatic rings. The number of rotatable bonds is 1. The Morgan fingerprint density at radius 2 is 1.87 bits per heavy atom. The topological polar surface area (TPSA) is 27.3 Å². The summed E-state index contributed by atoms with van der Waals surface area (Å²) in [5, 5.41) is 7.22. The van der Waals surface area contributed by atoms with Crippen LogP contribution in [0.1, 0.15) is 33.1 Å². The van der Waals surface area contributed by atoms with Crippen molar-refractivity contribution in [1.82, 2.24) is 15.5 Å². The highest BCUT2D eigenvalue weighted by Crippen LogP contribution is 2.32. The molecule has 0 bridgehead atoms. The standard InChI is InChI=1S/C11H21N3S/c1-8-4-3-5-10(9(8)2)14-6-12-11(15)13-7-14/h8-10H,3-7H2,1-2H3,(H2,12,13,15)/t8-,9-,10-/m1/s1. The van der Waals surface area contributed by atoms with E-state index >= 15 is 0 Å². The molecular formula is C11H21N3S. The molecular weight excluding hydrogens is 206 g/mol. The second-order valence-corrected chi connectivity index (χ2v) is 5.33. The van der Waals surface area contributed by atoms with Gasteiger partial charge < -0.3 is 10.6 Å². The lowest BCUT2D eigenvalue weighted by Crippen LogP contribution is -2.59. The van der Waals surface area contributed by atoms with Crippen LogP contribution in [-0.2, 0) is 0 Å². The lowest BCUT2D eigenvalue weighted by atomic mass is 9.77. The van der Waals surface area contributed by atoms with Crippen molar-refractivity contribution in [3.8, 4) is 0 Å². The van der Waals surface area contributed by atoms with Crippen molar-refractivity contribution < 1.29 is 0 Å². The Balaban J connectivity index is 1.94. The van der Waals surface area contributed by atoms with Crippen LogP contribution in [0.3, 0.4) is 0 Å². The summed E-state index contributed by atoms with van der Waals surface area (Å²) in [6, 6.07) is 0.719. The van der Waals surface area contributed by atoms with Crippen molar-refractivity contribution in [2.75, 3.05) is 13.3 Å². The van der Waals surface area contributed by atoms with Crippen molar-refractivity contribution in [2.45, 2.75) is 39.2 Å². The van der Waals surface area contributed by atoms with Gasteiger partial charge >= 0.3 is 0 Å². The fourth-order valence-corrected chi connectivity index (χ4v) is 2.90. The molecule has 0 radical (unpaired) electrons. The van der Waals surface area contributed by atoms with Gasteiger partial charge in [-0.25, -0.2) is 0 Å². The smallest absolute Gasteiger partial charge is 0.168 e. The molecule has 0 aromatic rings. The van der Waals surface area contributed by atoms with E-state index < -0.39 is 0 Å². The molecule has 3 nitrogen and oxygen atoms in total. The number of thiocarbonyl (C=S) groups is 1. The summed E-state index contributed by atoms with van der Waals surface area (Å²) in [7, 11) is 0. The molecule has 15 heavy (non-hydrogen) atoms. The maximum atomic E-state index is 5.06. The van der Waals surface area contributed by atoms with Gasteiger partial charge in [-0.15, -0.1) is 0 Å². The average Bonchev–Trinajstić information content (AvgIpc) is 2.24. The van der Waals surface area contributed by atoms with Gasteiger partial charge in [0, 0.05) is 6.04 Å². The Hall–Kier alpha value is -0.350. The largest absolute Gasteiger partial charge is 0.350 e. The third-order valence-corrected chi connectivity index (χ3v) is 4.31. The van der Waals surface area contributed by atoms with Crippen LogP contribution >= 0.6 is 12.2 Å². The highest BCUT2D eigenvalue weighted by Gasteiger charge is 2.32. The number of nitrogens with one attached hydrogen (secondary N) is 2. The van der Waals surface area contributed by atoms with E-state index in [1.165, 1.54) is 19.3 Å².